The number of fused-ring (bicyclic) bond motifs is 2. The number of nitrogen functional groups attached to an aromatic ring is 1. The first-order chi connectivity index (χ1) is 20.1. The van der Waals surface area contributed by atoms with E-state index >= 15 is 0 Å². The molecular weight excluding hydrogens is 516 g/mol. The molecule has 10 nitrogen and oxygen atoms in total. The largest absolute Gasteiger partial charge is 0.383 e. The lowest BCUT2D eigenvalue weighted by atomic mass is 10.1. The summed E-state index contributed by atoms with van der Waals surface area (Å²) in [6, 6.07) is 17.7. The third kappa shape index (κ3) is 4.55. The Labute approximate surface area is 237 Å². The third-order valence-corrected chi connectivity index (χ3v) is 7.92. The number of nitrogens with zero attached hydrogens (tertiary/aromatic N) is 6. The van der Waals surface area contributed by atoms with Crippen LogP contribution in [0.25, 0.3) is 28.2 Å². The van der Waals surface area contributed by atoms with Crippen LogP contribution in [-0.4, -0.2) is 56.7 Å². The maximum atomic E-state index is 13.0. The predicted molar refractivity (Wildman–Crippen MR) is 157 cm³/mol. The molecule has 3 N–H and O–H groups in total. The molecule has 2 aliphatic rings. The van der Waals surface area contributed by atoms with Crippen molar-refractivity contribution < 1.29 is 9.53 Å². The number of carbonyl (C=O) groups excluding carboxylic acids is 1. The molecule has 0 bridgehead atoms. The number of ether oxygens (including phenoxy) is 1. The van der Waals surface area contributed by atoms with Crippen molar-refractivity contribution in [3.63, 3.8) is 0 Å². The molecule has 1 atom stereocenters. The van der Waals surface area contributed by atoms with E-state index in [1.807, 2.05) is 37.3 Å². The fourth-order valence-electron chi connectivity index (χ4n) is 5.80. The number of amides is 1. The van der Waals surface area contributed by atoms with Gasteiger partial charge in [0, 0.05) is 36.9 Å². The molecule has 1 aliphatic heterocycles. The average Bonchev–Trinajstić information content (AvgIpc) is 3.58. The molecule has 1 aliphatic carbocycles. The molecule has 5 aromatic rings. The summed E-state index contributed by atoms with van der Waals surface area (Å²) in [6.07, 6.45) is 5.06. The van der Waals surface area contributed by atoms with Crippen molar-refractivity contribution in [2.24, 2.45) is 0 Å². The molecule has 1 amide bonds. The number of benzene rings is 1. The van der Waals surface area contributed by atoms with Gasteiger partial charge < -0.3 is 20.7 Å². The quantitative estimate of drug-likeness (QED) is 0.339. The summed E-state index contributed by atoms with van der Waals surface area (Å²) in [5, 5.41) is 3.21. The molecule has 0 unspecified atom stereocenters. The lowest BCUT2D eigenvalue weighted by Crippen LogP contribution is -2.36. The molecule has 5 heterocycles. The van der Waals surface area contributed by atoms with Crippen LogP contribution < -0.4 is 16.0 Å². The number of nitrogens with two attached hydrogens (primary N) is 1. The second-order valence-corrected chi connectivity index (χ2v) is 10.4. The zero-order chi connectivity index (χ0) is 27.9. The van der Waals surface area contributed by atoms with Gasteiger partial charge in [-0.3, -0.25) is 14.3 Å². The SMILES string of the molecule is Cc1ncccc1C(=O)N[C@H]1CCc2cc(-n3c(-c4cccnc4N)nc4ccc(N5CCOCC5)nc43)ccc21. The smallest absolute Gasteiger partial charge is 0.253 e. The summed E-state index contributed by atoms with van der Waals surface area (Å²) in [7, 11) is 0. The van der Waals surface area contributed by atoms with Gasteiger partial charge in [-0.05, 0) is 79.4 Å². The Kier molecular flexibility index (Phi) is 6.31. The molecular formula is C31H30N8O2. The Morgan fingerprint density at radius 2 is 1.85 bits per heavy atom. The maximum absolute atomic E-state index is 13.0. The first kappa shape index (κ1) is 25.2. The average molecular weight is 547 g/mol. The van der Waals surface area contributed by atoms with E-state index in [2.05, 4.69) is 43.0 Å². The van der Waals surface area contributed by atoms with Crippen molar-refractivity contribution >= 4 is 28.7 Å². The topological polar surface area (TPSA) is 124 Å². The minimum Gasteiger partial charge on any atom is -0.383 e. The van der Waals surface area contributed by atoms with Crippen LogP contribution in [0.3, 0.4) is 0 Å². The molecule has 206 valence electrons. The normalized spacial score (nSPS) is 16.6. The van der Waals surface area contributed by atoms with Gasteiger partial charge in [-0.15, -0.1) is 0 Å². The predicted octanol–water partition coefficient (Wildman–Crippen LogP) is 4.02. The summed E-state index contributed by atoms with van der Waals surface area (Å²) in [4.78, 5) is 33.9. The summed E-state index contributed by atoms with van der Waals surface area (Å²) in [6.45, 7) is 4.79. The number of nitrogens with one attached hydrogen (secondary N) is 1. The fraction of sp³-hybridized carbons (Fsp3) is 0.258. The molecule has 10 heteroatoms. The van der Waals surface area contributed by atoms with Crippen LogP contribution in [0.4, 0.5) is 11.6 Å². The summed E-state index contributed by atoms with van der Waals surface area (Å²) in [5.41, 5.74) is 13.2. The highest BCUT2D eigenvalue weighted by Gasteiger charge is 2.27. The maximum Gasteiger partial charge on any atom is 0.253 e. The summed E-state index contributed by atoms with van der Waals surface area (Å²) in [5.74, 6) is 1.88. The molecule has 41 heavy (non-hydrogen) atoms. The number of hydrogen-bond acceptors (Lipinski definition) is 8. The van der Waals surface area contributed by atoms with E-state index in [4.69, 9.17) is 20.4 Å². The van der Waals surface area contributed by atoms with E-state index in [0.29, 0.717) is 30.4 Å². The molecule has 0 spiro atoms. The van der Waals surface area contributed by atoms with Gasteiger partial charge in [-0.2, -0.15) is 0 Å². The Bertz CT molecular complexity index is 1780. The molecule has 0 saturated carbocycles. The van der Waals surface area contributed by atoms with Crippen LogP contribution >= 0.6 is 0 Å². The molecule has 1 aromatic carbocycles. The number of carbonyl (C=O) groups is 1. The number of imidazole rings is 1. The van der Waals surface area contributed by atoms with Crippen LogP contribution in [0.5, 0.6) is 0 Å². The fourth-order valence-corrected chi connectivity index (χ4v) is 5.80. The molecule has 4 aromatic heterocycles. The Morgan fingerprint density at radius 1 is 1.02 bits per heavy atom. The van der Waals surface area contributed by atoms with Gasteiger partial charge in [-0.25, -0.2) is 15.0 Å². The number of rotatable bonds is 5. The molecule has 1 fully saturated rings. The standard InChI is InChI=1S/C31H30N8O2/c1-19-22(4-2-12-33-19)31(40)36-25-9-6-20-18-21(7-8-23(20)25)39-29(24-5-3-13-34-28(24)32)35-26-10-11-27(37-30(26)39)38-14-16-41-17-15-38/h2-5,7-8,10-13,18,25H,6,9,14-17H2,1H3,(H2,32,34)(H,36,40)/t25-/m0/s1. The lowest BCUT2D eigenvalue weighted by molar-refractivity contribution is 0.0935. The van der Waals surface area contributed by atoms with E-state index in [1.165, 1.54) is 5.56 Å². The van der Waals surface area contributed by atoms with Crippen LogP contribution in [-0.2, 0) is 11.2 Å². The van der Waals surface area contributed by atoms with E-state index in [0.717, 1.165) is 65.4 Å². The lowest BCUT2D eigenvalue weighted by Gasteiger charge is -2.27. The zero-order valence-electron chi connectivity index (χ0n) is 22.7. The van der Waals surface area contributed by atoms with Crippen LogP contribution in [0.15, 0.2) is 67.0 Å². The van der Waals surface area contributed by atoms with Gasteiger partial charge in [-0.1, -0.05) is 6.07 Å². The van der Waals surface area contributed by atoms with Gasteiger partial charge in [0.2, 0.25) is 0 Å². The van der Waals surface area contributed by atoms with E-state index in [9.17, 15) is 4.79 Å². The van der Waals surface area contributed by atoms with Gasteiger partial charge in [0.1, 0.15) is 17.2 Å². The van der Waals surface area contributed by atoms with Crippen molar-refractivity contribution in [3.05, 3.63) is 89.4 Å². The van der Waals surface area contributed by atoms with Crippen LogP contribution in [0.2, 0.25) is 0 Å². The number of morpholine rings is 1. The second-order valence-electron chi connectivity index (χ2n) is 10.4. The summed E-state index contributed by atoms with van der Waals surface area (Å²) >= 11 is 0. The van der Waals surface area contributed by atoms with Crippen molar-refractivity contribution in [2.45, 2.75) is 25.8 Å². The van der Waals surface area contributed by atoms with Gasteiger partial charge >= 0.3 is 0 Å². The number of hydrogen-bond donors (Lipinski definition) is 2. The van der Waals surface area contributed by atoms with Crippen LogP contribution in [0.1, 0.15) is 39.6 Å². The first-order valence-electron chi connectivity index (χ1n) is 13.9. The van der Waals surface area contributed by atoms with Crippen LogP contribution in [0, 0.1) is 6.92 Å². The van der Waals surface area contributed by atoms with E-state index in [-0.39, 0.29) is 11.9 Å². The van der Waals surface area contributed by atoms with Gasteiger partial charge in [0.25, 0.3) is 5.91 Å². The van der Waals surface area contributed by atoms with Crippen molar-refractivity contribution in [1.29, 1.82) is 0 Å². The molecule has 7 rings (SSSR count). The molecule has 1 saturated heterocycles. The number of pyridine rings is 3. The van der Waals surface area contributed by atoms with Crippen molar-refractivity contribution in [1.82, 2.24) is 29.8 Å². The van der Waals surface area contributed by atoms with E-state index in [1.54, 1.807) is 18.5 Å². The zero-order valence-corrected chi connectivity index (χ0v) is 22.7. The second kappa shape index (κ2) is 10.3. The number of anilines is 2. The van der Waals surface area contributed by atoms with Gasteiger partial charge in [0.15, 0.2) is 11.5 Å². The van der Waals surface area contributed by atoms with E-state index < -0.39 is 0 Å². The highest BCUT2D eigenvalue weighted by Crippen LogP contribution is 2.36. The Balaban J connectivity index is 1.29. The Hall–Kier alpha value is -4.83. The minimum atomic E-state index is -0.104. The monoisotopic (exact) mass is 546 g/mol. The highest BCUT2D eigenvalue weighted by atomic mass is 16.5. The molecule has 0 radical (unpaired) electrons. The minimum absolute atomic E-state index is 0.0647. The van der Waals surface area contributed by atoms with Crippen molar-refractivity contribution in [2.75, 3.05) is 36.9 Å². The first-order valence-corrected chi connectivity index (χ1v) is 13.9. The highest BCUT2D eigenvalue weighted by molar-refractivity contribution is 5.95. The number of aromatic nitrogens is 5. The summed E-state index contributed by atoms with van der Waals surface area (Å²) < 4.78 is 7.61. The van der Waals surface area contributed by atoms with Crippen molar-refractivity contribution in [3.8, 4) is 17.1 Å². The third-order valence-electron chi connectivity index (χ3n) is 7.92. The van der Waals surface area contributed by atoms with Gasteiger partial charge in [0.05, 0.1) is 30.4 Å². The number of aryl methyl sites for hydroxylation is 2. The Morgan fingerprint density at radius 3 is 2.68 bits per heavy atom.